The Morgan fingerprint density at radius 2 is 2.17 bits per heavy atom. The van der Waals surface area contributed by atoms with E-state index in [2.05, 4.69) is 15.6 Å². The number of benzene rings is 1. The molecule has 1 aliphatic heterocycles. The maximum Gasteiger partial charge on any atom is 0.224 e. The average Bonchev–Trinajstić information content (AvgIpc) is 2.63. The number of aromatic nitrogens is 1. The van der Waals surface area contributed by atoms with Crippen LogP contribution in [0.3, 0.4) is 0 Å². The molecule has 5 nitrogen and oxygen atoms in total. The summed E-state index contributed by atoms with van der Waals surface area (Å²) in [6, 6.07) is 9.35. The van der Waals surface area contributed by atoms with E-state index in [1.54, 1.807) is 24.4 Å². The third kappa shape index (κ3) is 4.52. The number of nitrogens with one attached hydrogen (secondary N) is 2. The van der Waals surface area contributed by atoms with Gasteiger partial charge >= 0.3 is 0 Å². The van der Waals surface area contributed by atoms with Crippen LogP contribution in [-0.2, 0) is 11.3 Å². The number of amides is 1. The van der Waals surface area contributed by atoms with E-state index < -0.39 is 0 Å². The Labute approximate surface area is 140 Å². The number of carbonyl (C=O) groups is 1. The van der Waals surface area contributed by atoms with Crippen LogP contribution in [0.1, 0.15) is 18.4 Å². The van der Waals surface area contributed by atoms with Gasteiger partial charge in [-0.25, -0.2) is 9.37 Å². The van der Waals surface area contributed by atoms with Gasteiger partial charge < -0.3 is 15.4 Å². The van der Waals surface area contributed by atoms with Crippen LogP contribution in [0.2, 0.25) is 0 Å². The lowest BCUT2D eigenvalue weighted by Gasteiger charge is -2.21. The third-order valence-electron chi connectivity index (χ3n) is 3.97. The third-order valence-corrected chi connectivity index (χ3v) is 3.97. The van der Waals surface area contributed by atoms with Gasteiger partial charge in [0.1, 0.15) is 11.6 Å². The average molecular weight is 329 g/mol. The van der Waals surface area contributed by atoms with Crippen molar-refractivity contribution in [3.63, 3.8) is 0 Å². The number of hydrogen-bond donors (Lipinski definition) is 2. The fraction of sp³-hybridized carbons (Fsp3) is 0.333. The number of carbonyl (C=O) groups excluding carboxylic acids is 1. The van der Waals surface area contributed by atoms with Gasteiger partial charge in [-0.2, -0.15) is 0 Å². The van der Waals surface area contributed by atoms with E-state index in [4.69, 9.17) is 4.74 Å². The maximum absolute atomic E-state index is 12.9. The summed E-state index contributed by atoms with van der Waals surface area (Å²) in [5, 5.41) is 6.19. The van der Waals surface area contributed by atoms with Gasteiger partial charge in [0.25, 0.3) is 0 Å². The molecule has 24 heavy (non-hydrogen) atoms. The zero-order valence-corrected chi connectivity index (χ0v) is 13.3. The van der Waals surface area contributed by atoms with E-state index in [0.717, 1.165) is 31.5 Å². The van der Waals surface area contributed by atoms with Crippen molar-refractivity contribution in [1.82, 2.24) is 15.6 Å². The van der Waals surface area contributed by atoms with Crippen molar-refractivity contribution in [2.45, 2.75) is 19.4 Å². The van der Waals surface area contributed by atoms with Crippen LogP contribution in [-0.4, -0.2) is 24.0 Å². The van der Waals surface area contributed by atoms with Crippen LogP contribution in [0, 0.1) is 11.7 Å². The van der Waals surface area contributed by atoms with Crippen molar-refractivity contribution in [3.05, 3.63) is 54.0 Å². The molecular formula is C18H20FN3O2. The smallest absolute Gasteiger partial charge is 0.224 e. The minimum atomic E-state index is -0.316. The Morgan fingerprint density at radius 1 is 1.33 bits per heavy atom. The number of ether oxygens (including phenoxy) is 1. The first kappa shape index (κ1) is 16.4. The van der Waals surface area contributed by atoms with Gasteiger partial charge in [0, 0.05) is 25.4 Å². The number of piperidine rings is 1. The van der Waals surface area contributed by atoms with Crippen molar-refractivity contribution in [1.29, 1.82) is 0 Å². The lowest BCUT2D eigenvalue weighted by atomic mass is 9.99. The summed E-state index contributed by atoms with van der Waals surface area (Å²) in [5.74, 6) is 0.713. The topological polar surface area (TPSA) is 63.2 Å². The summed E-state index contributed by atoms with van der Waals surface area (Å²) >= 11 is 0. The molecule has 1 aromatic carbocycles. The van der Waals surface area contributed by atoms with Gasteiger partial charge in [0.05, 0.1) is 5.92 Å². The van der Waals surface area contributed by atoms with Crippen molar-refractivity contribution < 1.29 is 13.9 Å². The molecule has 3 rings (SSSR count). The van der Waals surface area contributed by atoms with Gasteiger partial charge in [0.2, 0.25) is 11.8 Å². The van der Waals surface area contributed by atoms with Crippen LogP contribution < -0.4 is 15.4 Å². The normalized spacial score (nSPS) is 17.3. The zero-order chi connectivity index (χ0) is 16.8. The Balaban J connectivity index is 1.56. The molecule has 1 unspecified atom stereocenters. The molecule has 126 valence electrons. The number of pyridine rings is 1. The standard InChI is InChI=1S/C18H20FN3O2/c19-15-3-5-16(6-4-15)24-17-10-13(7-9-21-17)11-22-18(23)14-2-1-8-20-12-14/h3-7,9-10,14,20H,1-2,8,11-12H2,(H,22,23). The molecule has 1 aliphatic rings. The highest BCUT2D eigenvalue weighted by Gasteiger charge is 2.20. The van der Waals surface area contributed by atoms with Crippen LogP contribution in [0.5, 0.6) is 11.6 Å². The minimum Gasteiger partial charge on any atom is -0.439 e. The lowest BCUT2D eigenvalue weighted by molar-refractivity contribution is -0.125. The second kappa shape index (κ2) is 7.88. The Kier molecular flexibility index (Phi) is 5.38. The fourth-order valence-corrected chi connectivity index (χ4v) is 2.65. The highest BCUT2D eigenvalue weighted by atomic mass is 19.1. The van der Waals surface area contributed by atoms with Crippen LogP contribution in [0.25, 0.3) is 0 Å². The summed E-state index contributed by atoms with van der Waals surface area (Å²) in [7, 11) is 0. The lowest BCUT2D eigenvalue weighted by Crippen LogP contribution is -2.40. The van der Waals surface area contributed by atoms with E-state index in [1.807, 2.05) is 6.07 Å². The van der Waals surface area contributed by atoms with E-state index in [1.165, 1.54) is 12.1 Å². The molecule has 2 heterocycles. The predicted molar refractivity (Wildman–Crippen MR) is 88.2 cm³/mol. The second-order valence-electron chi connectivity index (χ2n) is 5.82. The van der Waals surface area contributed by atoms with Crippen molar-refractivity contribution >= 4 is 5.91 Å². The second-order valence-corrected chi connectivity index (χ2v) is 5.82. The molecule has 1 atom stereocenters. The van der Waals surface area contributed by atoms with E-state index in [0.29, 0.717) is 18.2 Å². The highest BCUT2D eigenvalue weighted by Crippen LogP contribution is 2.20. The van der Waals surface area contributed by atoms with Gasteiger partial charge in [-0.05, 0) is 55.3 Å². The molecule has 2 N–H and O–H groups in total. The molecule has 0 bridgehead atoms. The first-order chi connectivity index (χ1) is 11.7. The summed E-state index contributed by atoms with van der Waals surface area (Å²) < 4.78 is 18.5. The molecule has 1 fully saturated rings. The van der Waals surface area contributed by atoms with Crippen LogP contribution >= 0.6 is 0 Å². The number of halogens is 1. The van der Waals surface area contributed by atoms with E-state index in [-0.39, 0.29) is 17.6 Å². The van der Waals surface area contributed by atoms with Crippen molar-refractivity contribution in [2.24, 2.45) is 5.92 Å². The van der Waals surface area contributed by atoms with E-state index >= 15 is 0 Å². The first-order valence-electron chi connectivity index (χ1n) is 8.07. The molecule has 2 aromatic rings. The van der Waals surface area contributed by atoms with Crippen molar-refractivity contribution in [3.8, 4) is 11.6 Å². The van der Waals surface area contributed by atoms with Gasteiger partial charge in [0.15, 0.2) is 0 Å². The first-order valence-corrected chi connectivity index (χ1v) is 8.07. The number of hydrogen-bond acceptors (Lipinski definition) is 4. The Hall–Kier alpha value is -2.47. The van der Waals surface area contributed by atoms with Gasteiger partial charge in [-0.1, -0.05) is 0 Å². The van der Waals surface area contributed by atoms with E-state index in [9.17, 15) is 9.18 Å². The zero-order valence-electron chi connectivity index (χ0n) is 13.3. The van der Waals surface area contributed by atoms with Crippen LogP contribution in [0.15, 0.2) is 42.6 Å². The Morgan fingerprint density at radius 3 is 2.92 bits per heavy atom. The molecule has 1 aromatic heterocycles. The van der Waals surface area contributed by atoms with Gasteiger partial charge in [-0.15, -0.1) is 0 Å². The van der Waals surface area contributed by atoms with Crippen LogP contribution in [0.4, 0.5) is 4.39 Å². The SMILES string of the molecule is O=C(NCc1ccnc(Oc2ccc(F)cc2)c1)C1CCCNC1. The molecule has 6 heteroatoms. The molecular weight excluding hydrogens is 309 g/mol. The number of rotatable bonds is 5. The summed E-state index contributed by atoms with van der Waals surface area (Å²) in [6.07, 6.45) is 3.58. The molecule has 1 saturated heterocycles. The fourth-order valence-electron chi connectivity index (χ4n) is 2.65. The quantitative estimate of drug-likeness (QED) is 0.885. The monoisotopic (exact) mass is 329 g/mol. The summed E-state index contributed by atoms with van der Waals surface area (Å²) in [4.78, 5) is 16.3. The largest absolute Gasteiger partial charge is 0.439 e. The molecule has 1 amide bonds. The van der Waals surface area contributed by atoms with Gasteiger partial charge in [-0.3, -0.25) is 4.79 Å². The molecule has 0 aliphatic carbocycles. The maximum atomic E-state index is 12.9. The van der Waals surface area contributed by atoms with Crippen molar-refractivity contribution in [2.75, 3.05) is 13.1 Å². The molecule has 0 spiro atoms. The predicted octanol–water partition coefficient (Wildman–Crippen LogP) is 2.63. The highest BCUT2D eigenvalue weighted by molar-refractivity contribution is 5.78. The Bertz CT molecular complexity index is 685. The summed E-state index contributed by atoms with van der Waals surface area (Å²) in [6.45, 7) is 2.15. The number of nitrogens with zero attached hydrogens (tertiary/aromatic N) is 1. The molecule has 0 saturated carbocycles. The molecule has 0 radical (unpaired) electrons. The minimum absolute atomic E-state index is 0.0375. The summed E-state index contributed by atoms with van der Waals surface area (Å²) in [5.41, 5.74) is 0.902.